The molecule has 0 radical (unpaired) electrons. The van der Waals surface area contributed by atoms with Crippen LogP contribution in [-0.2, 0) is 34.0 Å². The number of nitrogens with one attached hydrogen (secondary N) is 1. The number of rotatable bonds is 8. The molecule has 1 aromatic heterocycles. The molecule has 0 saturated carbocycles. The highest BCUT2D eigenvalue weighted by atomic mass is 16.7. The van der Waals surface area contributed by atoms with E-state index in [0.717, 1.165) is 11.1 Å². The maximum absolute atomic E-state index is 12.2. The number of hydrogen-bond acceptors (Lipinski definition) is 6. The summed E-state index contributed by atoms with van der Waals surface area (Å²) in [6.07, 6.45) is 0.236. The van der Waals surface area contributed by atoms with Gasteiger partial charge >= 0.3 is 0 Å². The number of carbonyl (C=O) groups is 2. The van der Waals surface area contributed by atoms with Crippen molar-refractivity contribution >= 4 is 11.8 Å². The van der Waals surface area contributed by atoms with E-state index < -0.39 is 6.04 Å². The van der Waals surface area contributed by atoms with Crippen LogP contribution in [0.3, 0.4) is 0 Å². The lowest BCUT2D eigenvalue weighted by molar-refractivity contribution is -0.220. The Morgan fingerprint density at radius 3 is 2.45 bits per heavy atom. The molecular formula is C20H20N6O3. The van der Waals surface area contributed by atoms with Crippen molar-refractivity contribution in [1.82, 2.24) is 30.6 Å². The Labute approximate surface area is 167 Å². The zero-order chi connectivity index (χ0) is 20.1. The second-order valence-corrected chi connectivity index (χ2v) is 6.69. The second kappa shape index (κ2) is 8.61. The minimum Gasteiger partial charge on any atom is -0.342 e. The predicted molar refractivity (Wildman–Crippen MR) is 102 cm³/mol. The first-order valence-electron chi connectivity index (χ1n) is 9.25. The Balaban J connectivity index is 1.24. The highest BCUT2D eigenvalue weighted by Crippen LogP contribution is 2.13. The lowest BCUT2D eigenvalue weighted by Crippen LogP contribution is -2.63. The topological polar surface area (TPSA) is 102 Å². The third kappa shape index (κ3) is 4.64. The van der Waals surface area contributed by atoms with E-state index in [-0.39, 0.29) is 24.8 Å². The fourth-order valence-corrected chi connectivity index (χ4v) is 2.99. The SMILES string of the molecule is O=C(Cc1ccccc1)N[C@@H]1CN(OCc2nnnn2Cc2ccccc2)C1=O. The number of aromatic nitrogens is 4. The molecule has 3 aromatic rings. The van der Waals surface area contributed by atoms with Crippen LogP contribution in [0.15, 0.2) is 60.7 Å². The highest BCUT2D eigenvalue weighted by Gasteiger charge is 2.39. The first-order chi connectivity index (χ1) is 14.2. The summed E-state index contributed by atoms with van der Waals surface area (Å²) in [7, 11) is 0. The number of nitrogens with zero attached hydrogens (tertiary/aromatic N) is 5. The summed E-state index contributed by atoms with van der Waals surface area (Å²) in [5.74, 6) is 0.0349. The van der Waals surface area contributed by atoms with Gasteiger partial charge in [0.1, 0.15) is 12.6 Å². The van der Waals surface area contributed by atoms with E-state index in [1.165, 1.54) is 5.06 Å². The zero-order valence-corrected chi connectivity index (χ0v) is 15.6. The monoisotopic (exact) mass is 392 g/mol. The van der Waals surface area contributed by atoms with E-state index in [0.29, 0.717) is 18.9 Å². The molecule has 29 heavy (non-hydrogen) atoms. The molecule has 1 atom stereocenters. The third-order valence-electron chi connectivity index (χ3n) is 4.57. The molecule has 2 aromatic carbocycles. The predicted octanol–water partition coefficient (Wildman–Crippen LogP) is 0.723. The molecule has 9 nitrogen and oxygen atoms in total. The van der Waals surface area contributed by atoms with Gasteiger partial charge < -0.3 is 5.32 Å². The van der Waals surface area contributed by atoms with Crippen LogP contribution in [0, 0.1) is 0 Å². The van der Waals surface area contributed by atoms with Crippen LogP contribution in [0.25, 0.3) is 0 Å². The number of hydrogen-bond donors (Lipinski definition) is 1. The first-order valence-corrected chi connectivity index (χ1v) is 9.25. The highest BCUT2D eigenvalue weighted by molar-refractivity contribution is 5.92. The van der Waals surface area contributed by atoms with Crippen LogP contribution in [-0.4, -0.2) is 49.7 Å². The zero-order valence-electron chi connectivity index (χ0n) is 15.6. The number of amides is 2. The number of tetrazole rings is 1. The van der Waals surface area contributed by atoms with Crippen molar-refractivity contribution in [2.45, 2.75) is 25.6 Å². The van der Waals surface area contributed by atoms with E-state index in [2.05, 4.69) is 20.8 Å². The number of carbonyl (C=O) groups excluding carboxylic acids is 2. The number of β-lactam (4-membered cyclic amide) rings is 1. The van der Waals surface area contributed by atoms with Crippen molar-refractivity contribution in [3.63, 3.8) is 0 Å². The molecule has 1 aliphatic heterocycles. The van der Waals surface area contributed by atoms with Gasteiger partial charge in [-0.3, -0.25) is 14.4 Å². The molecule has 1 saturated heterocycles. The summed E-state index contributed by atoms with van der Waals surface area (Å²) in [4.78, 5) is 29.8. The van der Waals surface area contributed by atoms with Crippen LogP contribution in [0.2, 0.25) is 0 Å². The van der Waals surface area contributed by atoms with Crippen molar-refractivity contribution < 1.29 is 14.4 Å². The minimum atomic E-state index is -0.563. The number of hydroxylamine groups is 2. The Morgan fingerprint density at radius 1 is 1.07 bits per heavy atom. The standard InChI is InChI=1S/C20H20N6O3/c27-19(11-15-7-3-1-4-8-15)21-17-13-26(20(17)28)29-14-18-22-23-24-25(18)12-16-9-5-2-6-10-16/h1-10,17H,11-14H2,(H,21,27)/t17-/m1/s1. The molecule has 9 heteroatoms. The Hall–Kier alpha value is -3.59. The quantitative estimate of drug-likeness (QED) is 0.567. The molecule has 0 bridgehead atoms. The summed E-state index contributed by atoms with van der Waals surface area (Å²) < 4.78 is 1.62. The van der Waals surface area contributed by atoms with E-state index >= 15 is 0 Å². The molecule has 0 spiro atoms. The fourth-order valence-electron chi connectivity index (χ4n) is 2.99. The Bertz CT molecular complexity index is 976. The molecule has 2 heterocycles. The smallest absolute Gasteiger partial charge is 0.270 e. The number of benzene rings is 2. The minimum absolute atomic E-state index is 0.0657. The van der Waals surface area contributed by atoms with E-state index in [1.807, 2.05) is 60.7 Å². The van der Waals surface area contributed by atoms with E-state index in [4.69, 9.17) is 4.84 Å². The molecule has 1 N–H and O–H groups in total. The van der Waals surface area contributed by atoms with Crippen LogP contribution < -0.4 is 5.32 Å². The molecule has 1 fully saturated rings. The maximum Gasteiger partial charge on any atom is 0.270 e. The third-order valence-corrected chi connectivity index (χ3v) is 4.57. The molecular weight excluding hydrogens is 372 g/mol. The van der Waals surface area contributed by atoms with Crippen LogP contribution in [0.4, 0.5) is 0 Å². The summed E-state index contributed by atoms with van der Waals surface area (Å²) in [6, 6.07) is 18.6. The van der Waals surface area contributed by atoms with Gasteiger partial charge in [-0.2, -0.15) is 0 Å². The van der Waals surface area contributed by atoms with E-state index in [9.17, 15) is 9.59 Å². The van der Waals surface area contributed by atoms with Crippen LogP contribution >= 0.6 is 0 Å². The molecule has 148 valence electrons. The Morgan fingerprint density at radius 2 is 1.76 bits per heavy atom. The second-order valence-electron chi connectivity index (χ2n) is 6.69. The average molecular weight is 392 g/mol. The molecule has 2 amide bonds. The van der Waals surface area contributed by atoms with Gasteiger partial charge in [-0.15, -0.1) is 5.10 Å². The van der Waals surface area contributed by atoms with Crippen molar-refractivity contribution in [1.29, 1.82) is 0 Å². The van der Waals surface area contributed by atoms with Gasteiger partial charge in [0, 0.05) is 0 Å². The van der Waals surface area contributed by atoms with Gasteiger partial charge in [-0.25, -0.2) is 9.75 Å². The van der Waals surface area contributed by atoms with Crippen molar-refractivity contribution in [3.05, 3.63) is 77.6 Å². The Kier molecular flexibility index (Phi) is 5.57. The van der Waals surface area contributed by atoms with Gasteiger partial charge in [-0.1, -0.05) is 60.7 Å². The lowest BCUT2D eigenvalue weighted by Gasteiger charge is -2.36. The normalized spacial score (nSPS) is 15.8. The molecule has 0 aliphatic carbocycles. The maximum atomic E-state index is 12.2. The van der Waals surface area contributed by atoms with Crippen molar-refractivity contribution in [2.24, 2.45) is 0 Å². The molecule has 0 unspecified atom stereocenters. The summed E-state index contributed by atoms with van der Waals surface area (Å²) in [5, 5.41) is 15.5. The van der Waals surface area contributed by atoms with Crippen molar-refractivity contribution in [3.8, 4) is 0 Å². The fraction of sp³-hybridized carbons (Fsp3) is 0.250. The van der Waals surface area contributed by atoms with Gasteiger partial charge in [0.15, 0.2) is 5.82 Å². The van der Waals surface area contributed by atoms with Gasteiger partial charge in [0.25, 0.3) is 5.91 Å². The summed E-state index contributed by atoms with van der Waals surface area (Å²) in [5.41, 5.74) is 1.96. The van der Waals surface area contributed by atoms with Gasteiger partial charge in [0.2, 0.25) is 5.91 Å². The molecule has 4 rings (SSSR count). The van der Waals surface area contributed by atoms with Crippen LogP contribution in [0.1, 0.15) is 17.0 Å². The summed E-state index contributed by atoms with van der Waals surface area (Å²) in [6.45, 7) is 0.870. The lowest BCUT2D eigenvalue weighted by atomic mass is 10.1. The molecule has 1 aliphatic rings. The van der Waals surface area contributed by atoms with Crippen LogP contribution in [0.5, 0.6) is 0 Å². The van der Waals surface area contributed by atoms with Gasteiger partial charge in [-0.05, 0) is 21.6 Å². The van der Waals surface area contributed by atoms with E-state index in [1.54, 1.807) is 4.68 Å². The van der Waals surface area contributed by atoms with Crippen molar-refractivity contribution in [2.75, 3.05) is 6.54 Å². The average Bonchev–Trinajstić information content (AvgIpc) is 3.18. The largest absolute Gasteiger partial charge is 0.342 e. The van der Waals surface area contributed by atoms with Gasteiger partial charge in [0.05, 0.1) is 19.5 Å². The first kappa shape index (κ1) is 18.8. The summed E-state index contributed by atoms with van der Waals surface area (Å²) >= 11 is 0.